The Labute approximate surface area is 204 Å². The predicted octanol–water partition coefficient (Wildman–Crippen LogP) is 2.04. The van der Waals surface area contributed by atoms with Crippen LogP contribution in [0.25, 0.3) is 0 Å². The number of morpholine rings is 1. The third-order valence-electron chi connectivity index (χ3n) is 6.35. The van der Waals surface area contributed by atoms with Crippen LogP contribution in [0.2, 0.25) is 0 Å². The van der Waals surface area contributed by atoms with Gasteiger partial charge in [-0.3, -0.25) is 14.7 Å². The highest BCUT2D eigenvalue weighted by Crippen LogP contribution is 2.31. The second-order valence-corrected chi connectivity index (χ2v) is 8.58. The minimum Gasteiger partial charge on any atom is -0.467 e. The van der Waals surface area contributed by atoms with Crippen molar-refractivity contribution < 1.29 is 19.0 Å². The van der Waals surface area contributed by atoms with Gasteiger partial charge in [0.1, 0.15) is 17.8 Å². The molecule has 2 aromatic rings. The summed E-state index contributed by atoms with van der Waals surface area (Å²) in [6.07, 6.45) is 5.47. The van der Waals surface area contributed by atoms with Gasteiger partial charge in [0.25, 0.3) is 5.91 Å². The maximum Gasteiger partial charge on any atom is 0.254 e. The molecule has 1 aromatic carbocycles. The number of nitrogens with one attached hydrogen (secondary N) is 1. The van der Waals surface area contributed by atoms with E-state index < -0.39 is 0 Å². The Morgan fingerprint density at radius 1 is 1.31 bits per heavy atom. The number of hydrogen-bond donors (Lipinski definition) is 1. The van der Waals surface area contributed by atoms with E-state index in [2.05, 4.69) is 27.1 Å². The van der Waals surface area contributed by atoms with Crippen molar-refractivity contribution >= 4 is 23.8 Å². The van der Waals surface area contributed by atoms with Crippen LogP contribution in [0.4, 0.5) is 5.69 Å². The number of aliphatic imine (C=N–C) groups is 2. The van der Waals surface area contributed by atoms with Crippen LogP contribution in [0.3, 0.4) is 0 Å². The summed E-state index contributed by atoms with van der Waals surface area (Å²) < 4.78 is 17.1. The summed E-state index contributed by atoms with van der Waals surface area (Å²) in [6.45, 7) is 7.07. The molecule has 10 heteroatoms. The topological polar surface area (TPSA) is 101 Å². The number of nitrogens with zero attached hydrogens (tertiary/aromatic N) is 5. The summed E-state index contributed by atoms with van der Waals surface area (Å²) in [5.74, 6) is 1.27. The Morgan fingerprint density at radius 2 is 2.26 bits per heavy atom. The van der Waals surface area contributed by atoms with E-state index in [1.807, 2.05) is 23.1 Å². The van der Waals surface area contributed by atoms with Crippen LogP contribution in [0, 0.1) is 0 Å². The Hall–Kier alpha value is -3.34. The fourth-order valence-corrected chi connectivity index (χ4v) is 4.46. The molecule has 0 bridgehead atoms. The molecule has 2 unspecified atom stereocenters. The van der Waals surface area contributed by atoms with Gasteiger partial charge in [-0.15, -0.1) is 0 Å². The highest BCUT2D eigenvalue weighted by Gasteiger charge is 2.30. The van der Waals surface area contributed by atoms with Gasteiger partial charge in [-0.1, -0.05) is 6.92 Å². The maximum atomic E-state index is 12.5. The minimum atomic E-state index is -0.363. The Balaban J connectivity index is 1.13. The lowest BCUT2D eigenvalue weighted by atomic mass is 10.1. The van der Waals surface area contributed by atoms with Gasteiger partial charge < -0.3 is 24.4 Å². The first kappa shape index (κ1) is 23.4. The van der Waals surface area contributed by atoms with Gasteiger partial charge in [0, 0.05) is 36.6 Å². The molecule has 1 saturated heterocycles. The van der Waals surface area contributed by atoms with Gasteiger partial charge in [-0.2, -0.15) is 0 Å². The van der Waals surface area contributed by atoms with Gasteiger partial charge >= 0.3 is 0 Å². The number of aromatic nitrogens is 1. The number of carbonyl (C=O) groups excluding carboxylic acids is 1. The lowest BCUT2D eigenvalue weighted by molar-refractivity contribution is -0.0339. The van der Waals surface area contributed by atoms with Crippen molar-refractivity contribution in [2.75, 3.05) is 46.2 Å². The molecule has 3 aliphatic heterocycles. The van der Waals surface area contributed by atoms with Crippen molar-refractivity contribution in [1.29, 1.82) is 0 Å². The van der Waals surface area contributed by atoms with E-state index in [-0.39, 0.29) is 18.9 Å². The quantitative estimate of drug-likeness (QED) is 0.435. The Morgan fingerprint density at radius 3 is 3.11 bits per heavy atom. The highest BCUT2D eigenvalue weighted by atomic mass is 16.7. The number of fused-ring (bicyclic) bond motifs is 3. The van der Waals surface area contributed by atoms with E-state index in [9.17, 15) is 4.79 Å². The molecule has 35 heavy (non-hydrogen) atoms. The van der Waals surface area contributed by atoms with Crippen molar-refractivity contribution in [3.63, 3.8) is 0 Å². The maximum absolute atomic E-state index is 12.5. The van der Waals surface area contributed by atoms with E-state index in [1.54, 1.807) is 24.7 Å². The molecule has 1 amide bonds. The van der Waals surface area contributed by atoms with Crippen molar-refractivity contribution in [2.24, 2.45) is 9.98 Å². The summed E-state index contributed by atoms with van der Waals surface area (Å²) >= 11 is 0. The fraction of sp³-hybridized carbons (Fsp3) is 0.440. The molecule has 1 fully saturated rings. The number of hydrogen-bond acceptors (Lipinski definition) is 9. The number of ether oxygens (including phenoxy) is 3. The number of benzene rings is 1. The summed E-state index contributed by atoms with van der Waals surface area (Å²) in [5.41, 5.74) is 2.18. The first-order chi connectivity index (χ1) is 17.2. The molecule has 1 aromatic heterocycles. The molecule has 2 atom stereocenters. The second-order valence-electron chi connectivity index (χ2n) is 8.58. The summed E-state index contributed by atoms with van der Waals surface area (Å²) in [4.78, 5) is 30.1. The van der Waals surface area contributed by atoms with E-state index in [4.69, 9.17) is 19.2 Å². The molecule has 3 aliphatic rings. The Bertz CT molecular complexity index is 1090. The van der Waals surface area contributed by atoms with E-state index in [1.165, 1.54) is 6.20 Å². The zero-order valence-corrected chi connectivity index (χ0v) is 19.8. The van der Waals surface area contributed by atoms with Gasteiger partial charge in [0.2, 0.25) is 0 Å². The van der Waals surface area contributed by atoms with Crippen LogP contribution < -0.4 is 10.1 Å². The first-order valence-corrected chi connectivity index (χ1v) is 12.0. The molecule has 4 heterocycles. The minimum absolute atomic E-state index is 0.178. The molecular formula is C25H30N6O4. The SMILES string of the molecule is CCN1CCOCC1CCOCOc1ccc2c(c1)N=CN1CC(NC(=O)c3cccnc3)N=C21. The van der Waals surface area contributed by atoms with Crippen LogP contribution >= 0.6 is 0 Å². The third-order valence-corrected chi connectivity index (χ3v) is 6.35. The number of likely N-dealkylation sites (N-methyl/N-ethyl adjacent to an activating group) is 1. The highest BCUT2D eigenvalue weighted by molar-refractivity contribution is 6.12. The largest absolute Gasteiger partial charge is 0.467 e. The summed E-state index contributed by atoms with van der Waals surface area (Å²) in [5, 5.41) is 2.94. The van der Waals surface area contributed by atoms with Crippen LogP contribution in [0.1, 0.15) is 29.3 Å². The summed E-state index contributed by atoms with van der Waals surface area (Å²) in [7, 11) is 0. The smallest absolute Gasteiger partial charge is 0.254 e. The number of rotatable bonds is 9. The average molecular weight is 479 g/mol. The fourth-order valence-electron chi connectivity index (χ4n) is 4.46. The molecule has 10 nitrogen and oxygen atoms in total. The van der Waals surface area contributed by atoms with Gasteiger partial charge in [-0.25, -0.2) is 9.98 Å². The number of amides is 1. The van der Waals surface area contributed by atoms with Gasteiger partial charge in [0.05, 0.1) is 44.0 Å². The standard InChI is InChI=1S/C25H30N6O4/c1-2-30-9-11-33-15-19(30)7-10-34-17-35-20-5-6-21-22(12-20)27-16-31-14-23(28-24(21)31)29-25(32)18-4-3-8-26-13-18/h3-6,8,12-13,16,19,23H,2,7,9-11,14-15,17H2,1H3,(H,29,32). The Kier molecular flexibility index (Phi) is 7.31. The predicted molar refractivity (Wildman–Crippen MR) is 131 cm³/mol. The first-order valence-electron chi connectivity index (χ1n) is 12.0. The monoisotopic (exact) mass is 478 g/mol. The van der Waals surface area contributed by atoms with Crippen LogP contribution in [-0.2, 0) is 9.47 Å². The van der Waals surface area contributed by atoms with Gasteiger partial charge in [-0.05, 0) is 37.2 Å². The van der Waals surface area contributed by atoms with Crippen LogP contribution in [0.15, 0.2) is 52.7 Å². The second kappa shape index (κ2) is 10.9. The molecule has 5 rings (SSSR count). The molecular weight excluding hydrogens is 448 g/mol. The molecule has 0 aliphatic carbocycles. The van der Waals surface area contributed by atoms with Crippen molar-refractivity contribution in [1.82, 2.24) is 20.1 Å². The summed E-state index contributed by atoms with van der Waals surface area (Å²) in [6, 6.07) is 9.57. The third kappa shape index (κ3) is 5.50. The molecule has 184 valence electrons. The van der Waals surface area contributed by atoms with E-state index in [0.29, 0.717) is 30.5 Å². The molecule has 0 spiro atoms. The van der Waals surface area contributed by atoms with E-state index >= 15 is 0 Å². The number of carbonyl (C=O) groups is 1. The lowest BCUT2D eigenvalue weighted by Crippen LogP contribution is -2.45. The van der Waals surface area contributed by atoms with Crippen LogP contribution in [0.5, 0.6) is 5.75 Å². The van der Waals surface area contributed by atoms with E-state index in [0.717, 1.165) is 49.8 Å². The van der Waals surface area contributed by atoms with Crippen molar-refractivity contribution in [3.8, 4) is 5.75 Å². The van der Waals surface area contributed by atoms with Crippen LogP contribution in [-0.4, -0.2) is 91.3 Å². The average Bonchev–Trinajstić information content (AvgIpc) is 3.32. The van der Waals surface area contributed by atoms with Gasteiger partial charge in [0.15, 0.2) is 6.79 Å². The molecule has 1 N–H and O–H groups in total. The van der Waals surface area contributed by atoms with Crippen molar-refractivity contribution in [2.45, 2.75) is 25.6 Å². The lowest BCUT2D eigenvalue weighted by Gasteiger charge is -2.34. The zero-order chi connectivity index (χ0) is 24.0. The van der Waals surface area contributed by atoms with Crippen molar-refractivity contribution in [3.05, 3.63) is 53.9 Å². The number of amidine groups is 1. The molecule has 0 radical (unpaired) electrons. The number of pyridine rings is 1. The molecule has 0 saturated carbocycles. The zero-order valence-electron chi connectivity index (χ0n) is 19.8. The normalized spacial score (nSPS) is 21.3.